The molecule has 7 heteroatoms. The zero-order valence-electron chi connectivity index (χ0n) is 14.9. The summed E-state index contributed by atoms with van der Waals surface area (Å²) in [6, 6.07) is 13.4. The Morgan fingerprint density at radius 2 is 1.65 bits per heavy atom. The lowest BCUT2D eigenvalue weighted by Gasteiger charge is -2.07. The number of sulfonamides is 1. The molecule has 1 aliphatic rings. The van der Waals surface area contributed by atoms with Crippen molar-refractivity contribution in [1.82, 2.24) is 5.32 Å². The molecule has 0 bridgehead atoms. The van der Waals surface area contributed by atoms with Crippen LogP contribution in [0.3, 0.4) is 0 Å². The Kier molecular flexibility index (Phi) is 4.54. The molecule has 1 fully saturated rings. The second-order valence-electron chi connectivity index (χ2n) is 7.09. The molecular formula is C19H22N2O4S. The number of hydrogen-bond acceptors (Lipinski definition) is 4. The van der Waals surface area contributed by atoms with E-state index in [1.807, 2.05) is 0 Å². The highest BCUT2D eigenvalue weighted by Crippen LogP contribution is 2.58. The van der Waals surface area contributed by atoms with Crippen LogP contribution in [-0.4, -0.2) is 27.5 Å². The average molecular weight is 374 g/mol. The van der Waals surface area contributed by atoms with Crippen molar-refractivity contribution in [2.75, 3.05) is 7.11 Å². The van der Waals surface area contributed by atoms with Crippen molar-refractivity contribution in [1.29, 1.82) is 0 Å². The van der Waals surface area contributed by atoms with Crippen LogP contribution < -0.4 is 15.2 Å². The lowest BCUT2D eigenvalue weighted by Crippen LogP contribution is -2.28. The Morgan fingerprint density at radius 3 is 2.15 bits per heavy atom. The molecule has 3 N–H and O–H groups in total. The van der Waals surface area contributed by atoms with Crippen LogP contribution in [0.1, 0.15) is 35.7 Å². The fraction of sp³-hybridized carbons (Fsp3) is 0.316. The van der Waals surface area contributed by atoms with Gasteiger partial charge in [-0.1, -0.05) is 26.0 Å². The third-order valence-electron chi connectivity index (χ3n) is 5.03. The highest BCUT2D eigenvalue weighted by atomic mass is 32.2. The number of rotatable bonds is 5. The van der Waals surface area contributed by atoms with Crippen LogP contribution in [0.15, 0.2) is 53.4 Å². The second-order valence-corrected chi connectivity index (χ2v) is 8.65. The largest absolute Gasteiger partial charge is 0.497 e. The quantitative estimate of drug-likeness (QED) is 0.839. The third kappa shape index (κ3) is 3.45. The first kappa shape index (κ1) is 18.4. The molecule has 2 aromatic carbocycles. The lowest BCUT2D eigenvalue weighted by atomic mass is 10.0. The van der Waals surface area contributed by atoms with Crippen LogP contribution >= 0.6 is 0 Å². The maximum atomic E-state index is 12.5. The van der Waals surface area contributed by atoms with Crippen molar-refractivity contribution >= 4 is 15.9 Å². The van der Waals surface area contributed by atoms with Gasteiger partial charge in [-0.05, 0) is 47.4 Å². The zero-order valence-corrected chi connectivity index (χ0v) is 15.7. The van der Waals surface area contributed by atoms with E-state index in [0.717, 1.165) is 5.56 Å². The molecule has 138 valence electrons. The third-order valence-corrected chi connectivity index (χ3v) is 5.96. The molecule has 0 aromatic heterocycles. The first-order valence-corrected chi connectivity index (χ1v) is 9.77. The zero-order chi connectivity index (χ0) is 19.1. The Bertz CT molecular complexity index is 919. The summed E-state index contributed by atoms with van der Waals surface area (Å²) in [6.45, 7) is 4.15. The molecule has 2 aromatic rings. The van der Waals surface area contributed by atoms with Crippen molar-refractivity contribution < 1.29 is 17.9 Å². The number of methoxy groups -OCH3 is 1. The summed E-state index contributed by atoms with van der Waals surface area (Å²) >= 11 is 0. The monoisotopic (exact) mass is 374 g/mol. The van der Waals surface area contributed by atoms with Crippen molar-refractivity contribution in [3.63, 3.8) is 0 Å². The number of primary sulfonamides is 1. The number of amides is 1. The molecule has 3 rings (SSSR count). The van der Waals surface area contributed by atoms with E-state index in [9.17, 15) is 13.2 Å². The minimum atomic E-state index is -3.71. The van der Waals surface area contributed by atoms with Crippen molar-refractivity contribution in [3.8, 4) is 5.75 Å². The highest BCUT2D eigenvalue weighted by Gasteiger charge is 2.59. The summed E-state index contributed by atoms with van der Waals surface area (Å²) in [4.78, 5) is 12.6. The van der Waals surface area contributed by atoms with E-state index in [1.165, 1.54) is 12.1 Å². The molecule has 1 amide bonds. The van der Waals surface area contributed by atoms with Crippen LogP contribution in [0.2, 0.25) is 0 Å². The molecule has 0 saturated heterocycles. The number of nitrogens with two attached hydrogens (primary N) is 1. The predicted molar refractivity (Wildman–Crippen MR) is 98.6 cm³/mol. The highest BCUT2D eigenvalue weighted by molar-refractivity contribution is 7.89. The van der Waals surface area contributed by atoms with Crippen LogP contribution in [0.25, 0.3) is 0 Å². The van der Waals surface area contributed by atoms with E-state index in [-0.39, 0.29) is 28.2 Å². The van der Waals surface area contributed by atoms with Gasteiger partial charge in [0.05, 0.1) is 12.0 Å². The summed E-state index contributed by atoms with van der Waals surface area (Å²) in [7, 11) is -2.13. The van der Waals surface area contributed by atoms with E-state index < -0.39 is 10.0 Å². The van der Waals surface area contributed by atoms with Crippen molar-refractivity contribution in [2.45, 2.75) is 30.7 Å². The van der Waals surface area contributed by atoms with E-state index >= 15 is 0 Å². The maximum Gasteiger partial charge on any atom is 0.251 e. The van der Waals surface area contributed by atoms with E-state index in [4.69, 9.17) is 9.88 Å². The van der Waals surface area contributed by atoms with Gasteiger partial charge >= 0.3 is 0 Å². The lowest BCUT2D eigenvalue weighted by molar-refractivity contribution is 0.0946. The van der Waals surface area contributed by atoms with Gasteiger partial charge < -0.3 is 10.1 Å². The average Bonchev–Trinajstić information content (AvgIpc) is 3.14. The van der Waals surface area contributed by atoms with Crippen molar-refractivity contribution in [3.05, 3.63) is 59.7 Å². The summed E-state index contributed by atoms with van der Waals surface area (Å²) in [5.74, 6) is 0.662. The molecule has 2 unspecified atom stereocenters. The number of ether oxygens (including phenoxy) is 1. The molecule has 1 saturated carbocycles. The standard InChI is InChI=1S/C19H22N2O4S/c1-19(2)16(12-6-10-15(11-7-12)26(20,23)24)17(19)21-18(22)13-4-8-14(25-3)9-5-13/h4-11,16-17H,1-3H3,(H,21,22)(H2,20,23,24). The molecule has 2 atom stereocenters. The number of carbonyl (C=O) groups excluding carboxylic acids is 1. The topological polar surface area (TPSA) is 98.5 Å². The second kappa shape index (κ2) is 6.41. The van der Waals surface area contributed by atoms with Gasteiger partial charge in [0.2, 0.25) is 10.0 Å². The first-order valence-electron chi connectivity index (χ1n) is 8.22. The molecular weight excluding hydrogens is 352 g/mol. The summed E-state index contributed by atoms with van der Waals surface area (Å²) < 4.78 is 27.9. The van der Waals surface area contributed by atoms with Gasteiger partial charge in [-0.3, -0.25) is 4.79 Å². The Hall–Kier alpha value is -2.38. The molecule has 0 aliphatic heterocycles. The minimum Gasteiger partial charge on any atom is -0.497 e. The molecule has 1 aliphatic carbocycles. The van der Waals surface area contributed by atoms with Gasteiger partial charge in [0.25, 0.3) is 5.91 Å². The molecule has 26 heavy (non-hydrogen) atoms. The van der Waals surface area contributed by atoms with Gasteiger partial charge in [-0.2, -0.15) is 0 Å². The summed E-state index contributed by atoms with van der Waals surface area (Å²) in [5, 5.41) is 8.21. The van der Waals surface area contributed by atoms with Gasteiger partial charge in [-0.25, -0.2) is 13.6 Å². The van der Waals surface area contributed by atoms with Gasteiger partial charge in [0, 0.05) is 17.5 Å². The van der Waals surface area contributed by atoms with E-state index in [2.05, 4.69) is 19.2 Å². The van der Waals surface area contributed by atoms with Crippen LogP contribution in [0.4, 0.5) is 0 Å². The predicted octanol–water partition coefficient (Wildman–Crippen LogP) is 2.26. The Morgan fingerprint density at radius 1 is 1.08 bits per heavy atom. The fourth-order valence-corrected chi connectivity index (χ4v) is 3.88. The Labute approximate surface area is 153 Å². The smallest absolute Gasteiger partial charge is 0.251 e. The summed E-state index contributed by atoms with van der Waals surface area (Å²) in [6.07, 6.45) is 0. The number of benzene rings is 2. The van der Waals surface area contributed by atoms with E-state index in [1.54, 1.807) is 43.5 Å². The van der Waals surface area contributed by atoms with Gasteiger partial charge in [-0.15, -0.1) is 0 Å². The van der Waals surface area contributed by atoms with Crippen LogP contribution in [-0.2, 0) is 10.0 Å². The van der Waals surface area contributed by atoms with Gasteiger partial charge in [0.1, 0.15) is 5.75 Å². The number of nitrogens with one attached hydrogen (secondary N) is 1. The van der Waals surface area contributed by atoms with Crippen LogP contribution in [0, 0.1) is 5.41 Å². The van der Waals surface area contributed by atoms with Crippen LogP contribution in [0.5, 0.6) is 5.75 Å². The normalized spacial score (nSPS) is 21.1. The molecule has 0 heterocycles. The van der Waals surface area contributed by atoms with Gasteiger partial charge in [0.15, 0.2) is 0 Å². The Balaban J connectivity index is 1.74. The summed E-state index contributed by atoms with van der Waals surface area (Å²) in [5.41, 5.74) is 1.42. The SMILES string of the molecule is COc1ccc(C(=O)NC2C(c3ccc(S(N)(=O)=O)cc3)C2(C)C)cc1. The number of hydrogen-bond donors (Lipinski definition) is 2. The van der Waals surface area contributed by atoms with E-state index in [0.29, 0.717) is 11.3 Å². The molecule has 0 spiro atoms. The molecule has 6 nitrogen and oxygen atoms in total. The fourth-order valence-electron chi connectivity index (χ4n) is 3.36. The van der Waals surface area contributed by atoms with Crippen molar-refractivity contribution in [2.24, 2.45) is 10.6 Å². The minimum absolute atomic E-state index is 0.0302. The maximum absolute atomic E-state index is 12.5. The number of carbonyl (C=O) groups is 1. The molecule has 0 radical (unpaired) electrons. The first-order chi connectivity index (χ1) is 12.1.